The van der Waals surface area contributed by atoms with Crippen molar-refractivity contribution in [2.45, 2.75) is 56.6 Å². The maximum atomic E-state index is 13.8. The van der Waals surface area contributed by atoms with Crippen LogP contribution >= 0.6 is 0 Å². The normalized spacial score (nSPS) is 22.2. The molecular formula is C26H26F3N3O3. The number of nitrogens with zero attached hydrogens (tertiary/aromatic N) is 3. The maximum absolute atomic E-state index is 13.8. The maximum Gasteiger partial charge on any atom is 0.417 e. The lowest BCUT2D eigenvalue weighted by molar-refractivity contribution is -0.137. The van der Waals surface area contributed by atoms with Crippen LogP contribution in [-0.2, 0) is 15.7 Å². The summed E-state index contributed by atoms with van der Waals surface area (Å²) in [6, 6.07) is 11.4. The van der Waals surface area contributed by atoms with Gasteiger partial charge >= 0.3 is 6.18 Å². The van der Waals surface area contributed by atoms with E-state index >= 15 is 0 Å². The number of rotatable bonds is 4. The van der Waals surface area contributed by atoms with E-state index in [2.05, 4.69) is 15.0 Å². The van der Waals surface area contributed by atoms with Gasteiger partial charge in [0.1, 0.15) is 17.3 Å². The number of ether oxygens (including phenoxy) is 2. The number of hydrogen-bond acceptors (Lipinski definition) is 6. The number of alkyl halides is 3. The lowest BCUT2D eigenvalue weighted by atomic mass is 9.92. The van der Waals surface area contributed by atoms with Crippen molar-refractivity contribution in [2.24, 2.45) is 0 Å². The van der Waals surface area contributed by atoms with E-state index in [0.29, 0.717) is 17.9 Å². The highest BCUT2D eigenvalue weighted by Gasteiger charge is 2.48. The number of aryl methyl sites for hydroxylation is 1. The first-order valence-electron chi connectivity index (χ1n) is 12.0. The van der Waals surface area contributed by atoms with Crippen LogP contribution in [0, 0.1) is 6.92 Å². The second-order valence-electron chi connectivity index (χ2n) is 9.69. The van der Waals surface area contributed by atoms with Gasteiger partial charge < -0.3 is 18.9 Å². The molecule has 0 radical (unpaired) electrons. The third-order valence-electron chi connectivity index (χ3n) is 7.15. The Morgan fingerprint density at radius 3 is 2.51 bits per heavy atom. The number of hydrogen-bond donors (Lipinski definition) is 0. The number of piperidine rings is 1. The van der Waals surface area contributed by atoms with Crippen molar-refractivity contribution < 1.29 is 27.2 Å². The summed E-state index contributed by atoms with van der Waals surface area (Å²) in [7, 11) is 0. The average Bonchev–Trinajstić information content (AvgIpc) is 3.47. The number of anilines is 1. The molecule has 3 aliphatic rings. The molecule has 2 aromatic heterocycles. The first-order valence-corrected chi connectivity index (χ1v) is 12.0. The van der Waals surface area contributed by atoms with Gasteiger partial charge in [0.15, 0.2) is 6.29 Å². The zero-order valence-corrected chi connectivity index (χ0v) is 19.3. The second kappa shape index (κ2) is 8.34. The van der Waals surface area contributed by atoms with Gasteiger partial charge in [-0.3, -0.25) is 0 Å². The lowest BCUT2D eigenvalue weighted by Crippen LogP contribution is -2.46. The highest BCUT2D eigenvalue weighted by atomic mass is 19.4. The van der Waals surface area contributed by atoms with Crippen LogP contribution in [0.4, 0.5) is 19.0 Å². The Morgan fingerprint density at radius 1 is 1.03 bits per heavy atom. The molecule has 1 aromatic carbocycles. The number of halogens is 3. The van der Waals surface area contributed by atoms with Crippen molar-refractivity contribution in [1.82, 2.24) is 10.1 Å². The van der Waals surface area contributed by atoms with Crippen LogP contribution in [0.2, 0.25) is 0 Å². The van der Waals surface area contributed by atoms with Crippen molar-refractivity contribution in [3.8, 4) is 11.3 Å². The van der Waals surface area contributed by atoms with Gasteiger partial charge in [-0.25, -0.2) is 4.98 Å². The summed E-state index contributed by atoms with van der Waals surface area (Å²) >= 11 is 0. The van der Waals surface area contributed by atoms with E-state index in [1.165, 1.54) is 12.1 Å². The van der Waals surface area contributed by atoms with Gasteiger partial charge in [-0.2, -0.15) is 13.2 Å². The molecule has 1 aliphatic carbocycles. The van der Waals surface area contributed by atoms with Crippen molar-refractivity contribution in [1.29, 1.82) is 0 Å². The minimum atomic E-state index is -4.51. The molecule has 35 heavy (non-hydrogen) atoms. The van der Waals surface area contributed by atoms with E-state index in [0.717, 1.165) is 56.4 Å². The quantitative estimate of drug-likeness (QED) is 0.450. The highest BCUT2D eigenvalue weighted by molar-refractivity contribution is 5.68. The molecule has 6 rings (SSSR count). The van der Waals surface area contributed by atoms with Gasteiger partial charge in [-0.15, -0.1) is 0 Å². The first-order chi connectivity index (χ1) is 16.8. The van der Waals surface area contributed by atoms with Gasteiger partial charge in [-0.05, 0) is 50.8 Å². The Balaban J connectivity index is 1.27. The third kappa shape index (κ3) is 4.21. The monoisotopic (exact) mass is 485 g/mol. The molecule has 4 heterocycles. The predicted octanol–water partition coefficient (Wildman–Crippen LogP) is 6.03. The molecule has 1 unspecified atom stereocenters. The third-order valence-corrected chi connectivity index (χ3v) is 7.15. The minimum absolute atomic E-state index is 0.0147. The number of benzene rings is 1. The zero-order chi connectivity index (χ0) is 24.2. The molecule has 3 aromatic rings. The fraction of sp³-hybridized carbons (Fsp3) is 0.462. The molecular weight excluding hydrogens is 459 g/mol. The van der Waals surface area contributed by atoms with Crippen LogP contribution < -0.4 is 4.90 Å². The molecule has 6 nitrogen and oxygen atoms in total. The largest absolute Gasteiger partial charge is 0.417 e. The van der Waals surface area contributed by atoms with Gasteiger partial charge in [0.05, 0.1) is 23.3 Å². The van der Waals surface area contributed by atoms with Crippen LogP contribution in [0.3, 0.4) is 0 Å². The lowest BCUT2D eigenvalue weighted by Gasteiger charge is -2.38. The van der Waals surface area contributed by atoms with E-state index in [-0.39, 0.29) is 17.2 Å². The summed E-state index contributed by atoms with van der Waals surface area (Å²) in [6.45, 7) is 3.87. The molecule has 0 bridgehead atoms. The molecule has 9 heteroatoms. The summed E-state index contributed by atoms with van der Waals surface area (Å²) in [6.07, 6.45) is -2.02. The van der Waals surface area contributed by atoms with Crippen LogP contribution in [0.5, 0.6) is 0 Å². The summed E-state index contributed by atoms with van der Waals surface area (Å²) < 4.78 is 59.6. The van der Waals surface area contributed by atoms with Crippen molar-refractivity contribution in [3.05, 3.63) is 65.0 Å². The van der Waals surface area contributed by atoms with E-state index < -0.39 is 23.6 Å². The molecule has 0 amide bonds. The van der Waals surface area contributed by atoms with Crippen LogP contribution in [0.1, 0.15) is 60.5 Å². The van der Waals surface area contributed by atoms with Crippen molar-refractivity contribution in [2.75, 3.05) is 24.6 Å². The van der Waals surface area contributed by atoms with Gasteiger partial charge in [0.2, 0.25) is 0 Å². The number of pyridine rings is 1. The minimum Gasteiger partial charge on any atom is -0.360 e. The van der Waals surface area contributed by atoms with E-state index in [4.69, 9.17) is 14.0 Å². The van der Waals surface area contributed by atoms with E-state index in [1.807, 2.05) is 25.1 Å². The Hall–Kier alpha value is -2.91. The van der Waals surface area contributed by atoms with E-state index in [9.17, 15) is 13.2 Å². The molecule has 3 fully saturated rings. The highest BCUT2D eigenvalue weighted by Crippen LogP contribution is 2.51. The van der Waals surface area contributed by atoms with Crippen molar-refractivity contribution in [3.63, 3.8) is 0 Å². The van der Waals surface area contributed by atoms with Gasteiger partial charge in [0, 0.05) is 30.3 Å². The van der Waals surface area contributed by atoms with Gasteiger partial charge in [-0.1, -0.05) is 29.4 Å². The Labute approximate surface area is 201 Å². The van der Waals surface area contributed by atoms with Gasteiger partial charge in [0.25, 0.3) is 0 Å². The SMILES string of the molecule is Cc1cccc(N2CCC3(CC2)COC(c2c(-c4ccccc4C(F)(F)F)noc2C2CC2)O3)n1. The summed E-state index contributed by atoms with van der Waals surface area (Å²) in [5.74, 6) is 1.67. The van der Waals surface area contributed by atoms with Crippen molar-refractivity contribution >= 4 is 5.82 Å². The summed E-state index contributed by atoms with van der Waals surface area (Å²) in [5, 5.41) is 4.11. The van der Waals surface area contributed by atoms with Crippen LogP contribution in [0.15, 0.2) is 47.0 Å². The molecule has 184 valence electrons. The fourth-order valence-corrected chi connectivity index (χ4v) is 5.08. The van der Waals surface area contributed by atoms with E-state index in [1.54, 1.807) is 6.07 Å². The summed E-state index contributed by atoms with van der Waals surface area (Å²) in [4.78, 5) is 6.85. The molecule has 1 spiro atoms. The average molecular weight is 486 g/mol. The molecule has 1 atom stereocenters. The first kappa shape index (κ1) is 22.5. The second-order valence-corrected chi connectivity index (χ2v) is 9.69. The molecule has 2 aliphatic heterocycles. The fourth-order valence-electron chi connectivity index (χ4n) is 5.08. The van der Waals surface area contributed by atoms with Crippen LogP contribution in [0.25, 0.3) is 11.3 Å². The smallest absolute Gasteiger partial charge is 0.360 e. The summed E-state index contributed by atoms with van der Waals surface area (Å²) in [5.41, 5.74) is 0.369. The Morgan fingerprint density at radius 2 is 1.80 bits per heavy atom. The number of aromatic nitrogens is 2. The van der Waals surface area contributed by atoms with Crippen LogP contribution in [-0.4, -0.2) is 35.4 Å². The Bertz CT molecular complexity index is 1230. The molecule has 0 N–H and O–H groups in total. The Kier molecular flexibility index (Phi) is 5.37. The predicted molar refractivity (Wildman–Crippen MR) is 122 cm³/mol. The molecule has 1 saturated carbocycles. The molecule has 2 saturated heterocycles. The topological polar surface area (TPSA) is 60.6 Å². The zero-order valence-electron chi connectivity index (χ0n) is 19.3. The standard InChI is InChI=1S/C26H26F3N3O3/c1-16-5-4-8-20(30-16)32-13-11-25(12-14-32)15-33-24(34-25)21-22(31-35-23(21)17-9-10-17)18-6-2-3-7-19(18)26(27,28)29/h2-8,17,24H,9-15H2,1H3.